The number of rotatable bonds is 5. The van der Waals surface area contributed by atoms with Crippen LogP contribution in [0.25, 0.3) is 0 Å². The number of aromatic nitrogens is 1. The fourth-order valence-electron chi connectivity index (χ4n) is 4.61. The first-order valence-electron chi connectivity index (χ1n) is 10.6. The molecular formula is C21H30FN5O2. The summed E-state index contributed by atoms with van der Waals surface area (Å²) in [5.74, 6) is 0.366. The second kappa shape index (κ2) is 8.57. The topological polar surface area (TPSA) is 60.9 Å². The molecule has 0 aromatic carbocycles. The highest BCUT2D eigenvalue weighted by Gasteiger charge is 2.35. The molecule has 29 heavy (non-hydrogen) atoms. The van der Waals surface area contributed by atoms with Gasteiger partial charge in [-0.25, -0.2) is 9.37 Å². The third kappa shape index (κ3) is 3.77. The number of fused-ring (bicyclic) bond motifs is 1. The molecule has 1 amide bonds. The Morgan fingerprint density at radius 3 is 2.86 bits per heavy atom. The van der Waals surface area contributed by atoms with Gasteiger partial charge in [-0.2, -0.15) is 0 Å². The van der Waals surface area contributed by atoms with Crippen molar-refractivity contribution >= 4 is 17.5 Å². The Balaban J connectivity index is 1.73. The molecule has 4 heterocycles. The lowest BCUT2D eigenvalue weighted by atomic mass is 10.0. The van der Waals surface area contributed by atoms with Gasteiger partial charge in [0.05, 0.1) is 18.8 Å². The van der Waals surface area contributed by atoms with E-state index in [1.165, 1.54) is 0 Å². The summed E-state index contributed by atoms with van der Waals surface area (Å²) in [6.45, 7) is 9.30. The summed E-state index contributed by atoms with van der Waals surface area (Å²) in [5, 5.41) is 2.78. The van der Waals surface area contributed by atoms with E-state index in [0.717, 1.165) is 25.9 Å². The molecule has 1 aromatic heterocycles. The number of piperidine rings is 1. The van der Waals surface area contributed by atoms with Crippen molar-refractivity contribution in [2.75, 3.05) is 55.7 Å². The van der Waals surface area contributed by atoms with Crippen molar-refractivity contribution in [3.8, 4) is 0 Å². The van der Waals surface area contributed by atoms with Crippen LogP contribution >= 0.6 is 0 Å². The summed E-state index contributed by atoms with van der Waals surface area (Å²) in [7, 11) is 0. The molecule has 2 saturated heterocycles. The monoisotopic (exact) mass is 403 g/mol. The minimum atomic E-state index is -0.361. The number of nitrogens with one attached hydrogen (secondary N) is 1. The minimum Gasteiger partial charge on any atom is -0.378 e. The van der Waals surface area contributed by atoms with Crippen LogP contribution in [0.15, 0.2) is 12.3 Å². The van der Waals surface area contributed by atoms with E-state index in [9.17, 15) is 4.79 Å². The van der Waals surface area contributed by atoms with Crippen molar-refractivity contribution in [1.29, 1.82) is 0 Å². The third-order valence-electron chi connectivity index (χ3n) is 6.00. The molecule has 8 heteroatoms. The number of pyridine rings is 1. The maximum atomic E-state index is 15.6. The molecule has 0 aliphatic carbocycles. The number of anilines is 2. The van der Waals surface area contributed by atoms with Gasteiger partial charge in [0, 0.05) is 50.9 Å². The van der Waals surface area contributed by atoms with Gasteiger partial charge in [0.2, 0.25) is 0 Å². The maximum Gasteiger partial charge on any atom is 0.255 e. The van der Waals surface area contributed by atoms with Gasteiger partial charge in [-0.05, 0) is 32.9 Å². The number of carbonyl (C=O) groups excluding carboxylic acids is 1. The number of likely N-dealkylation sites (tertiary alicyclic amines) is 1. The van der Waals surface area contributed by atoms with E-state index in [1.54, 1.807) is 0 Å². The van der Waals surface area contributed by atoms with Crippen LogP contribution in [-0.4, -0.2) is 67.8 Å². The van der Waals surface area contributed by atoms with E-state index in [2.05, 4.69) is 26.2 Å². The van der Waals surface area contributed by atoms with Crippen LogP contribution in [-0.2, 0) is 11.3 Å². The van der Waals surface area contributed by atoms with Crippen molar-refractivity contribution in [2.24, 2.45) is 0 Å². The predicted molar refractivity (Wildman–Crippen MR) is 111 cm³/mol. The Kier molecular flexibility index (Phi) is 5.89. The van der Waals surface area contributed by atoms with Crippen LogP contribution in [0.2, 0.25) is 0 Å². The van der Waals surface area contributed by atoms with E-state index < -0.39 is 0 Å². The zero-order valence-corrected chi connectivity index (χ0v) is 17.3. The lowest BCUT2D eigenvalue weighted by molar-refractivity contribution is 0.0964. The summed E-state index contributed by atoms with van der Waals surface area (Å²) < 4.78 is 21.0. The van der Waals surface area contributed by atoms with Crippen molar-refractivity contribution in [1.82, 2.24) is 15.2 Å². The normalized spacial score (nSPS) is 22.2. The molecular weight excluding hydrogens is 373 g/mol. The summed E-state index contributed by atoms with van der Waals surface area (Å²) in [6, 6.07) is 0.188. The smallest absolute Gasteiger partial charge is 0.255 e. The molecule has 0 bridgehead atoms. The molecule has 1 N–H and O–H groups in total. The van der Waals surface area contributed by atoms with Gasteiger partial charge >= 0.3 is 0 Å². The van der Waals surface area contributed by atoms with E-state index in [-0.39, 0.29) is 24.3 Å². The van der Waals surface area contributed by atoms with Gasteiger partial charge in [-0.15, -0.1) is 0 Å². The SMILES string of the molecule is CC=CN1CCCC(N(CC)c2nc(N3CCOCC3)c3c(c2F)CNC3=O)C1. The quantitative estimate of drug-likeness (QED) is 0.813. The number of hydrogen-bond acceptors (Lipinski definition) is 6. The molecule has 0 spiro atoms. The van der Waals surface area contributed by atoms with Gasteiger partial charge < -0.3 is 24.8 Å². The first-order chi connectivity index (χ1) is 14.1. The van der Waals surface area contributed by atoms with Crippen LogP contribution in [0.1, 0.15) is 42.6 Å². The van der Waals surface area contributed by atoms with Crippen LogP contribution in [0, 0.1) is 5.82 Å². The number of ether oxygens (including phenoxy) is 1. The lowest BCUT2D eigenvalue weighted by Gasteiger charge is -2.40. The summed E-state index contributed by atoms with van der Waals surface area (Å²) in [5.41, 5.74) is 0.837. The maximum absolute atomic E-state index is 15.6. The number of halogens is 1. The molecule has 1 atom stereocenters. The molecule has 1 unspecified atom stereocenters. The van der Waals surface area contributed by atoms with E-state index in [1.807, 2.05) is 19.9 Å². The average molecular weight is 404 g/mol. The lowest BCUT2D eigenvalue weighted by Crippen LogP contribution is -2.47. The largest absolute Gasteiger partial charge is 0.378 e. The molecule has 3 aliphatic rings. The Labute approximate surface area is 171 Å². The third-order valence-corrected chi connectivity index (χ3v) is 6.00. The molecule has 158 valence electrons. The van der Waals surface area contributed by atoms with Crippen LogP contribution in [0.5, 0.6) is 0 Å². The van der Waals surface area contributed by atoms with Crippen molar-refractivity contribution in [3.05, 3.63) is 29.2 Å². The van der Waals surface area contributed by atoms with E-state index in [4.69, 9.17) is 9.72 Å². The zero-order chi connectivity index (χ0) is 20.4. The second-order valence-corrected chi connectivity index (χ2v) is 7.77. The number of morpholine rings is 1. The summed E-state index contributed by atoms with van der Waals surface area (Å²) in [4.78, 5) is 23.6. The standard InChI is InChI=1S/C21H30FN5O2/c1-3-7-25-8-5-6-15(14-25)27(4-2)20-18(22)16-13-23-21(28)17(16)19(24-20)26-9-11-29-12-10-26/h3,7,15H,4-6,8-14H2,1-2H3,(H,23,28). The van der Waals surface area contributed by atoms with Crippen molar-refractivity contribution in [2.45, 2.75) is 39.3 Å². The summed E-state index contributed by atoms with van der Waals surface area (Å²) >= 11 is 0. The molecule has 2 fully saturated rings. The Morgan fingerprint density at radius 1 is 1.34 bits per heavy atom. The van der Waals surface area contributed by atoms with Gasteiger partial charge in [0.15, 0.2) is 11.6 Å². The molecule has 4 rings (SSSR count). The van der Waals surface area contributed by atoms with Gasteiger partial charge in [-0.1, -0.05) is 6.08 Å². The summed E-state index contributed by atoms with van der Waals surface area (Å²) in [6.07, 6.45) is 6.22. The molecule has 3 aliphatic heterocycles. The number of likely N-dealkylation sites (N-methyl/N-ethyl adjacent to an activating group) is 1. The fraction of sp³-hybridized carbons (Fsp3) is 0.619. The highest BCUT2D eigenvalue weighted by Crippen LogP contribution is 2.35. The van der Waals surface area contributed by atoms with Crippen molar-refractivity contribution in [3.63, 3.8) is 0 Å². The number of amides is 1. The molecule has 1 aromatic rings. The Bertz CT molecular complexity index is 794. The highest BCUT2D eigenvalue weighted by atomic mass is 19.1. The highest BCUT2D eigenvalue weighted by molar-refractivity contribution is 6.03. The van der Waals surface area contributed by atoms with Crippen LogP contribution < -0.4 is 15.1 Å². The van der Waals surface area contributed by atoms with Gasteiger partial charge in [0.1, 0.15) is 5.82 Å². The van der Waals surface area contributed by atoms with Gasteiger partial charge in [0.25, 0.3) is 5.91 Å². The number of nitrogens with zero attached hydrogens (tertiary/aromatic N) is 4. The molecule has 0 saturated carbocycles. The number of hydrogen-bond donors (Lipinski definition) is 1. The van der Waals surface area contributed by atoms with Crippen molar-refractivity contribution < 1.29 is 13.9 Å². The van der Waals surface area contributed by atoms with E-state index in [0.29, 0.717) is 55.6 Å². The predicted octanol–water partition coefficient (Wildman–Crippen LogP) is 2.12. The van der Waals surface area contributed by atoms with E-state index >= 15 is 4.39 Å². The minimum absolute atomic E-state index is 0.188. The Hall–Kier alpha value is -2.35. The average Bonchev–Trinajstić information content (AvgIpc) is 3.14. The zero-order valence-electron chi connectivity index (χ0n) is 17.3. The Morgan fingerprint density at radius 2 is 2.14 bits per heavy atom. The van der Waals surface area contributed by atoms with Gasteiger partial charge in [-0.3, -0.25) is 4.79 Å². The molecule has 7 nitrogen and oxygen atoms in total. The molecule has 0 radical (unpaired) electrons. The van der Waals surface area contributed by atoms with Crippen LogP contribution in [0.3, 0.4) is 0 Å². The van der Waals surface area contributed by atoms with Crippen LogP contribution in [0.4, 0.5) is 16.0 Å². The fourth-order valence-corrected chi connectivity index (χ4v) is 4.61. The number of carbonyl (C=O) groups is 1. The second-order valence-electron chi connectivity index (χ2n) is 7.77. The number of allylic oxidation sites excluding steroid dienone is 1. The first kappa shape index (κ1) is 19.9. The first-order valence-corrected chi connectivity index (χ1v) is 10.6.